The molecule has 3 heterocycles. The number of carbonyl (C=O) groups is 1. The number of ketones is 1. The molecule has 0 atom stereocenters. The normalized spacial score (nSPS) is 15.4. The number of ether oxygens (including phenoxy) is 2. The SMILES string of the molecule is O=C(c1sccc1S(=O)(=O)N(O)c1onc(C(O)(O)O)c1Cl)C(O)(O)c1cc2c(cc1C(O)(O)O)OC(O)(O)O2. The summed E-state index contributed by atoms with van der Waals surface area (Å²) in [6, 6.07) is 1.55. The van der Waals surface area contributed by atoms with Gasteiger partial charge in [-0.05, 0) is 23.6 Å². The molecule has 0 spiro atoms. The van der Waals surface area contributed by atoms with Crippen molar-refractivity contribution < 1.29 is 83.5 Å². The highest BCUT2D eigenvalue weighted by molar-refractivity contribution is 7.92. The zero-order chi connectivity index (χ0) is 30.2. The molecule has 1 aliphatic rings. The molecule has 2 aromatic heterocycles. The number of Topliss-reactive ketones (excluding diaryl/α,β-unsaturated/α-hetero) is 1. The zero-order valence-corrected chi connectivity index (χ0v) is 21.2. The van der Waals surface area contributed by atoms with Crippen molar-refractivity contribution in [1.29, 1.82) is 0 Å². The summed E-state index contributed by atoms with van der Waals surface area (Å²) in [5.41, 5.74) is -3.77. The molecule has 0 aliphatic carbocycles. The van der Waals surface area contributed by atoms with Gasteiger partial charge < -0.3 is 54.8 Å². The van der Waals surface area contributed by atoms with Crippen LogP contribution in [-0.2, 0) is 27.8 Å². The van der Waals surface area contributed by atoms with E-state index >= 15 is 0 Å². The van der Waals surface area contributed by atoms with Gasteiger partial charge in [0.2, 0.25) is 5.78 Å². The van der Waals surface area contributed by atoms with Crippen LogP contribution in [0.4, 0.5) is 5.88 Å². The Morgan fingerprint density at radius 2 is 1.52 bits per heavy atom. The lowest BCUT2D eigenvalue weighted by Crippen LogP contribution is -2.40. The second-order valence-corrected chi connectivity index (χ2v) is 10.9. The Balaban J connectivity index is 1.79. The fraction of sp³-hybridized carbons (Fsp3) is 0.222. The summed E-state index contributed by atoms with van der Waals surface area (Å²) in [4.78, 5) is 11.0. The first-order valence-electron chi connectivity index (χ1n) is 9.92. The van der Waals surface area contributed by atoms with Crippen LogP contribution in [0.15, 0.2) is 33.0 Å². The highest BCUT2D eigenvalue weighted by Crippen LogP contribution is 2.45. The summed E-state index contributed by atoms with van der Waals surface area (Å²) < 4.78 is 38.9. The standard InChI is InChI=1S/C18H15ClN2O17S2/c19-10-12(17(28,29)30)20-38-14(10)21(33)40(34,35)9-1-2-39-11(9)13(22)15(23,24)5-3-7-8(37-18(31,32)36-7)4-6(5)16(25,26)27/h1-4,23-33H. The van der Waals surface area contributed by atoms with Crippen molar-refractivity contribution in [2.75, 3.05) is 4.47 Å². The van der Waals surface area contributed by atoms with Crippen LogP contribution in [0.2, 0.25) is 5.02 Å². The zero-order valence-electron chi connectivity index (χ0n) is 18.8. The molecule has 0 bridgehead atoms. The van der Waals surface area contributed by atoms with Crippen LogP contribution in [-0.4, -0.2) is 81.8 Å². The van der Waals surface area contributed by atoms with Crippen molar-refractivity contribution in [1.82, 2.24) is 5.16 Å². The molecule has 0 radical (unpaired) electrons. The van der Waals surface area contributed by atoms with E-state index in [-0.39, 0.29) is 11.3 Å². The van der Waals surface area contributed by atoms with Gasteiger partial charge in [-0.15, -0.1) is 15.8 Å². The molecule has 0 saturated carbocycles. The fourth-order valence-corrected chi connectivity index (χ4v) is 6.08. The van der Waals surface area contributed by atoms with E-state index in [1.165, 1.54) is 0 Å². The molecular weight excluding hydrogens is 616 g/mol. The van der Waals surface area contributed by atoms with Crippen molar-refractivity contribution in [2.24, 2.45) is 0 Å². The number of benzene rings is 1. The minimum atomic E-state index is -5.35. The van der Waals surface area contributed by atoms with Gasteiger partial charge in [-0.3, -0.25) is 20.2 Å². The molecular formula is C18H15ClN2O17S2. The lowest BCUT2D eigenvalue weighted by molar-refractivity contribution is -0.385. The van der Waals surface area contributed by atoms with Crippen LogP contribution in [0.25, 0.3) is 0 Å². The fourth-order valence-electron chi connectivity index (χ4n) is 3.34. The van der Waals surface area contributed by atoms with Gasteiger partial charge in [-0.1, -0.05) is 16.8 Å². The first kappa shape index (κ1) is 30.0. The van der Waals surface area contributed by atoms with E-state index in [0.29, 0.717) is 18.2 Å². The number of anilines is 1. The number of nitrogens with zero attached hydrogens (tertiary/aromatic N) is 2. The monoisotopic (exact) mass is 630 g/mol. The Bertz CT molecular complexity index is 1600. The quantitative estimate of drug-likeness (QED) is 0.0654. The van der Waals surface area contributed by atoms with Gasteiger partial charge in [-0.25, -0.2) is 0 Å². The van der Waals surface area contributed by atoms with Crippen LogP contribution in [0.1, 0.15) is 26.5 Å². The smallest absolute Gasteiger partial charge is 0.403 e. The average Bonchev–Trinajstić information content (AvgIpc) is 3.51. The molecule has 1 aromatic carbocycles. The molecule has 0 fully saturated rings. The summed E-state index contributed by atoms with van der Waals surface area (Å²) in [5.74, 6) is -16.2. The van der Waals surface area contributed by atoms with E-state index in [4.69, 9.17) is 11.6 Å². The number of halogens is 1. The molecule has 0 saturated heterocycles. The average molecular weight is 631 g/mol. The second-order valence-electron chi connectivity index (χ2n) is 7.88. The number of aliphatic hydroxyl groups is 10. The largest absolute Gasteiger partial charge is 0.505 e. The lowest BCUT2D eigenvalue weighted by atomic mass is 9.93. The van der Waals surface area contributed by atoms with E-state index in [9.17, 15) is 69.5 Å². The number of fused-ring (bicyclic) bond motifs is 1. The van der Waals surface area contributed by atoms with Crippen LogP contribution < -0.4 is 13.9 Å². The molecule has 11 N–H and O–H groups in total. The molecule has 19 nitrogen and oxygen atoms in total. The van der Waals surface area contributed by atoms with E-state index in [2.05, 4.69) is 19.2 Å². The van der Waals surface area contributed by atoms with Gasteiger partial charge in [0, 0.05) is 5.56 Å². The molecule has 4 rings (SSSR count). The third kappa shape index (κ3) is 5.00. The minimum absolute atomic E-state index is 0.262. The summed E-state index contributed by atoms with van der Waals surface area (Å²) >= 11 is 5.94. The number of rotatable bonds is 8. The third-order valence-corrected chi connectivity index (χ3v) is 7.97. The summed E-state index contributed by atoms with van der Waals surface area (Å²) in [5, 5.41) is 110. The number of aromatic nitrogens is 1. The summed E-state index contributed by atoms with van der Waals surface area (Å²) in [7, 11) is -5.35. The van der Waals surface area contributed by atoms with Crippen molar-refractivity contribution in [2.45, 2.75) is 28.8 Å². The van der Waals surface area contributed by atoms with Gasteiger partial charge in [0.05, 0.1) is 10.4 Å². The van der Waals surface area contributed by atoms with E-state index < -0.39 is 93.2 Å². The Kier molecular flexibility index (Phi) is 6.94. The Morgan fingerprint density at radius 3 is 2.02 bits per heavy atom. The lowest BCUT2D eigenvalue weighted by Gasteiger charge is -2.27. The summed E-state index contributed by atoms with van der Waals surface area (Å²) in [6.45, 7) is 0. The van der Waals surface area contributed by atoms with E-state index in [1.807, 2.05) is 0 Å². The Labute approximate surface area is 228 Å². The van der Waals surface area contributed by atoms with E-state index in [1.54, 1.807) is 0 Å². The number of hydrogen-bond donors (Lipinski definition) is 11. The van der Waals surface area contributed by atoms with Crippen LogP contribution >= 0.6 is 22.9 Å². The maximum atomic E-state index is 13.2. The number of thiophene rings is 1. The van der Waals surface area contributed by atoms with Crippen molar-refractivity contribution >= 4 is 44.6 Å². The van der Waals surface area contributed by atoms with Gasteiger partial charge in [-0.2, -0.15) is 8.42 Å². The molecule has 218 valence electrons. The summed E-state index contributed by atoms with van der Waals surface area (Å²) in [6.07, 6.45) is -3.32. The number of carbonyl (C=O) groups excluding carboxylic acids is 1. The third-order valence-electron chi connectivity index (χ3n) is 5.07. The van der Waals surface area contributed by atoms with Crippen molar-refractivity contribution in [3.8, 4) is 11.5 Å². The van der Waals surface area contributed by atoms with Crippen LogP contribution in [0, 0.1) is 0 Å². The van der Waals surface area contributed by atoms with Crippen molar-refractivity contribution in [3.63, 3.8) is 0 Å². The highest BCUT2D eigenvalue weighted by atomic mass is 35.5. The second kappa shape index (κ2) is 9.26. The Hall–Kier alpha value is -3.00. The maximum Gasteiger partial charge on any atom is 0.505 e. The predicted octanol–water partition coefficient (Wildman–Crippen LogP) is -3.46. The molecule has 40 heavy (non-hydrogen) atoms. The molecule has 22 heteroatoms. The topological polar surface area (TPSA) is 321 Å². The number of hydrogen-bond acceptors (Lipinski definition) is 19. The van der Waals surface area contributed by atoms with E-state index in [0.717, 1.165) is 5.38 Å². The molecule has 0 amide bonds. The first-order valence-corrected chi connectivity index (χ1v) is 12.6. The molecule has 0 unspecified atom stereocenters. The molecule has 3 aromatic rings. The minimum Gasteiger partial charge on any atom is -0.403 e. The molecule has 1 aliphatic heterocycles. The van der Waals surface area contributed by atoms with Gasteiger partial charge in [0.25, 0.3) is 21.7 Å². The van der Waals surface area contributed by atoms with Gasteiger partial charge in [0.15, 0.2) is 17.2 Å². The van der Waals surface area contributed by atoms with Gasteiger partial charge >= 0.3 is 18.1 Å². The first-order chi connectivity index (χ1) is 18.1. The maximum absolute atomic E-state index is 13.2. The highest BCUT2D eigenvalue weighted by Gasteiger charge is 2.48. The number of sulfonamides is 1. The van der Waals surface area contributed by atoms with Gasteiger partial charge in [0.1, 0.15) is 9.92 Å². The Morgan fingerprint density at radius 1 is 0.975 bits per heavy atom. The predicted molar refractivity (Wildman–Crippen MR) is 119 cm³/mol. The van der Waals surface area contributed by atoms with Crippen molar-refractivity contribution in [3.05, 3.63) is 50.3 Å². The van der Waals surface area contributed by atoms with Crippen LogP contribution in [0.5, 0.6) is 11.5 Å². The van der Waals surface area contributed by atoms with Crippen LogP contribution in [0.3, 0.4) is 0 Å².